The molecular weight excluding hydrogens is 483 g/mol. The largest absolute Gasteiger partial charge is 0.444 e. The Morgan fingerprint density at radius 3 is 2.54 bits per heavy atom. The quantitative estimate of drug-likeness (QED) is 0.159. The Kier molecular flexibility index (Phi) is 9.36. The van der Waals surface area contributed by atoms with E-state index in [0.29, 0.717) is 12.4 Å². The highest BCUT2D eigenvalue weighted by Crippen LogP contribution is 2.19. The molecule has 0 aliphatic carbocycles. The van der Waals surface area contributed by atoms with Crippen LogP contribution in [0.4, 0.5) is 0 Å². The van der Waals surface area contributed by atoms with E-state index in [-0.39, 0.29) is 24.0 Å². The number of halogens is 1. The molecule has 0 amide bonds. The Hall–Kier alpha value is -2.00. The van der Waals surface area contributed by atoms with Gasteiger partial charge in [-0.25, -0.2) is 4.98 Å². The van der Waals surface area contributed by atoms with Crippen molar-refractivity contribution in [1.82, 2.24) is 15.6 Å². The van der Waals surface area contributed by atoms with Crippen LogP contribution in [0.2, 0.25) is 0 Å². The molecule has 0 atom stereocenters. The molecule has 3 aromatic rings. The Balaban J connectivity index is 0.00000280. The molecule has 0 unspecified atom stereocenters. The molecule has 1 heterocycles. The summed E-state index contributed by atoms with van der Waals surface area (Å²) in [6.45, 7) is 3.44. The summed E-state index contributed by atoms with van der Waals surface area (Å²) in [5, 5.41) is 6.58. The van der Waals surface area contributed by atoms with Gasteiger partial charge in [-0.1, -0.05) is 35.9 Å². The number of guanidine groups is 1. The predicted molar refractivity (Wildman–Crippen MR) is 127 cm³/mol. The molecule has 0 radical (unpaired) electrons. The highest BCUT2D eigenvalue weighted by atomic mass is 127. The molecule has 148 valence electrons. The summed E-state index contributed by atoms with van der Waals surface area (Å²) in [7, 11) is 1.76. The van der Waals surface area contributed by atoms with Gasteiger partial charge in [-0.15, -0.1) is 35.7 Å². The van der Waals surface area contributed by atoms with E-state index in [0.717, 1.165) is 29.5 Å². The minimum absolute atomic E-state index is 0. The van der Waals surface area contributed by atoms with Gasteiger partial charge in [0.2, 0.25) is 5.89 Å². The summed E-state index contributed by atoms with van der Waals surface area (Å²) < 4.78 is 5.59. The van der Waals surface area contributed by atoms with Crippen LogP contribution >= 0.6 is 35.7 Å². The third kappa shape index (κ3) is 6.87. The molecule has 0 saturated carbocycles. The zero-order valence-electron chi connectivity index (χ0n) is 16.0. The number of aryl methyl sites for hydroxylation is 1. The highest BCUT2D eigenvalue weighted by molar-refractivity contribution is 14.0. The van der Waals surface area contributed by atoms with Crippen LogP contribution < -0.4 is 10.6 Å². The van der Waals surface area contributed by atoms with Gasteiger partial charge in [0.25, 0.3) is 0 Å². The molecule has 2 aromatic carbocycles. The summed E-state index contributed by atoms with van der Waals surface area (Å²) in [5.41, 5.74) is 3.03. The minimum atomic E-state index is 0. The second-order valence-corrected chi connectivity index (χ2v) is 7.19. The summed E-state index contributed by atoms with van der Waals surface area (Å²) in [6.07, 6.45) is 1.68. The first kappa shape index (κ1) is 22.3. The molecule has 28 heavy (non-hydrogen) atoms. The lowest BCUT2D eigenvalue weighted by Crippen LogP contribution is -2.38. The number of hydrogen-bond donors (Lipinski definition) is 2. The first-order valence-corrected chi connectivity index (χ1v) is 9.87. The molecule has 0 aliphatic heterocycles. The van der Waals surface area contributed by atoms with Gasteiger partial charge in [-0.3, -0.25) is 4.99 Å². The van der Waals surface area contributed by atoms with Crippen LogP contribution in [0.1, 0.15) is 11.3 Å². The lowest BCUT2D eigenvalue weighted by atomic mass is 10.1. The smallest absolute Gasteiger partial charge is 0.226 e. The first-order valence-electron chi connectivity index (χ1n) is 8.88. The van der Waals surface area contributed by atoms with Gasteiger partial charge in [-0.2, -0.15) is 0 Å². The standard InChI is InChI=1S/C21H24N4OS.HI/c1-16-8-10-17(11-9-16)20-25-18(15-26-20)14-24-21(22-2)23-12-13-27-19-6-4-3-5-7-19;/h3-11,15H,12-14H2,1-2H3,(H2,22,23,24);1H. The molecule has 3 rings (SSSR count). The molecule has 0 aliphatic rings. The molecular formula is C21H25IN4OS. The normalized spacial score (nSPS) is 11.0. The first-order chi connectivity index (χ1) is 13.2. The zero-order chi connectivity index (χ0) is 18.9. The van der Waals surface area contributed by atoms with Crippen LogP contribution in [-0.2, 0) is 6.54 Å². The second kappa shape index (κ2) is 11.8. The van der Waals surface area contributed by atoms with Crippen molar-refractivity contribution < 1.29 is 4.42 Å². The van der Waals surface area contributed by atoms with Crippen molar-refractivity contribution in [2.75, 3.05) is 19.3 Å². The van der Waals surface area contributed by atoms with Crippen molar-refractivity contribution in [2.24, 2.45) is 4.99 Å². The van der Waals surface area contributed by atoms with Gasteiger partial charge in [-0.05, 0) is 31.2 Å². The average Bonchev–Trinajstić information content (AvgIpc) is 3.18. The van der Waals surface area contributed by atoms with E-state index in [1.807, 2.05) is 30.0 Å². The van der Waals surface area contributed by atoms with Gasteiger partial charge in [0.15, 0.2) is 5.96 Å². The number of thioether (sulfide) groups is 1. The van der Waals surface area contributed by atoms with E-state index in [1.165, 1.54) is 10.5 Å². The maximum absolute atomic E-state index is 5.59. The molecule has 5 nitrogen and oxygen atoms in total. The Bertz CT molecular complexity index is 866. The average molecular weight is 508 g/mol. The van der Waals surface area contributed by atoms with Crippen molar-refractivity contribution >= 4 is 41.7 Å². The van der Waals surface area contributed by atoms with E-state index in [9.17, 15) is 0 Å². The molecule has 0 fully saturated rings. The van der Waals surface area contributed by atoms with Crippen molar-refractivity contribution in [3.63, 3.8) is 0 Å². The maximum atomic E-state index is 5.59. The van der Waals surface area contributed by atoms with Gasteiger partial charge in [0.1, 0.15) is 6.26 Å². The number of aliphatic imine (C=N–C) groups is 1. The van der Waals surface area contributed by atoms with Crippen LogP contribution in [0.15, 0.2) is 75.2 Å². The van der Waals surface area contributed by atoms with Crippen molar-refractivity contribution in [3.05, 3.63) is 72.1 Å². The second-order valence-electron chi connectivity index (χ2n) is 6.02. The van der Waals surface area contributed by atoms with Crippen molar-refractivity contribution in [3.8, 4) is 11.5 Å². The van der Waals surface area contributed by atoms with E-state index in [1.54, 1.807) is 13.3 Å². The Morgan fingerprint density at radius 1 is 1.07 bits per heavy atom. The predicted octanol–water partition coefficient (Wildman–Crippen LogP) is 4.73. The van der Waals surface area contributed by atoms with Gasteiger partial charge in [0.05, 0.1) is 12.2 Å². The number of rotatable bonds is 7. The van der Waals surface area contributed by atoms with Crippen molar-refractivity contribution in [1.29, 1.82) is 0 Å². The van der Waals surface area contributed by atoms with Gasteiger partial charge in [0, 0.05) is 29.8 Å². The Morgan fingerprint density at radius 2 is 1.82 bits per heavy atom. The maximum Gasteiger partial charge on any atom is 0.226 e. The molecule has 2 N–H and O–H groups in total. The SMILES string of the molecule is CN=C(NCCSc1ccccc1)NCc1coc(-c2ccc(C)cc2)n1.I. The summed E-state index contributed by atoms with van der Waals surface area (Å²) >= 11 is 1.82. The van der Waals surface area contributed by atoms with Crippen LogP contribution in [0.25, 0.3) is 11.5 Å². The van der Waals surface area contributed by atoms with Crippen LogP contribution in [-0.4, -0.2) is 30.3 Å². The van der Waals surface area contributed by atoms with E-state index < -0.39 is 0 Å². The minimum Gasteiger partial charge on any atom is -0.444 e. The summed E-state index contributed by atoms with van der Waals surface area (Å²) in [5.74, 6) is 2.35. The molecule has 0 bridgehead atoms. The lowest BCUT2D eigenvalue weighted by Gasteiger charge is -2.10. The summed E-state index contributed by atoms with van der Waals surface area (Å²) in [4.78, 5) is 10.1. The Labute approximate surface area is 187 Å². The van der Waals surface area contributed by atoms with E-state index in [4.69, 9.17) is 4.42 Å². The third-order valence-electron chi connectivity index (χ3n) is 3.92. The highest BCUT2D eigenvalue weighted by Gasteiger charge is 2.07. The lowest BCUT2D eigenvalue weighted by molar-refractivity contribution is 0.572. The fourth-order valence-electron chi connectivity index (χ4n) is 2.47. The molecule has 0 spiro atoms. The molecule has 7 heteroatoms. The fourth-order valence-corrected chi connectivity index (χ4v) is 3.26. The summed E-state index contributed by atoms with van der Waals surface area (Å²) in [6, 6.07) is 18.5. The number of hydrogen-bond acceptors (Lipinski definition) is 4. The monoisotopic (exact) mass is 508 g/mol. The van der Waals surface area contributed by atoms with Crippen LogP contribution in [0, 0.1) is 6.92 Å². The van der Waals surface area contributed by atoms with Crippen LogP contribution in [0.3, 0.4) is 0 Å². The van der Waals surface area contributed by atoms with E-state index >= 15 is 0 Å². The topological polar surface area (TPSA) is 62.5 Å². The van der Waals surface area contributed by atoms with Gasteiger partial charge >= 0.3 is 0 Å². The molecule has 1 aromatic heterocycles. The number of oxazole rings is 1. The van der Waals surface area contributed by atoms with E-state index in [2.05, 4.69) is 63.9 Å². The number of aromatic nitrogens is 1. The zero-order valence-corrected chi connectivity index (χ0v) is 19.2. The number of benzene rings is 2. The number of nitrogens with one attached hydrogen (secondary N) is 2. The third-order valence-corrected chi connectivity index (χ3v) is 4.93. The van der Waals surface area contributed by atoms with Crippen LogP contribution in [0.5, 0.6) is 0 Å². The fraction of sp³-hybridized carbons (Fsp3) is 0.238. The van der Waals surface area contributed by atoms with Crippen molar-refractivity contribution in [2.45, 2.75) is 18.4 Å². The number of nitrogens with zero attached hydrogens (tertiary/aromatic N) is 2. The van der Waals surface area contributed by atoms with Gasteiger partial charge < -0.3 is 15.1 Å². The molecule has 0 saturated heterocycles.